The number of rotatable bonds is 4. The predicted octanol–water partition coefficient (Wildman–Crippen LogP) is 2.15. The molecule has 1 saturated heterocycles. The summed E-state index contributed by atoms with van der Waals surface area (Å²) in [4.78, 5) is 18.6. The molecule has 1 atom stereocenters. The molecule has 3 rings (SSSR count). The fourth-order valence-electron chi connectivity index (χ4n) is 2.96. The molecule has 23 heavy (non-hydrogen) atoms. The first-order valence-electron chi connectivity index (χ1n) is 8.02. The molecule has 2 heterocycles. The molecule has 0 aliphatic carbocycles. The van der Waals surface area contributed by atoms with Gasteiger partial charge >= 0.3 is 0 Å². The summed E-state index contributed by atoms with van der Waals surface area (Å²) in [5.41, 5.74) is 2.10. The van der Waals surface area contributed by atoms with Crippen LogP contribution in [0.4, 0.5) is 0 Å². The summed E-state index contributed by atoms with van der Waals surface area (Å²) >= 11 is 0. The standard InChI is InChI=1S/C17H22N4O2/c1-12-6-8-13(9-7-12)17-19-15(20-23-17)11-21-10-4-3-5-14(21)16(22)18-2/h6-9,14H,3-5,10-11H2,1-2H3,(H,18,22). The number of nitrogens with zero attached hydrogens (tertiary/aromatic N) is 3. The summed E-state index contributed by atoms with van der Waals surface area (Å²) < 4.78 is 5.37. The third kappa shape index (κ3) is 3.59. The van der Waals surface area contributed by atoms with Crippen LogP contribution in [0.3, 0.4) is 0 Å². The number of likely N-dealkylation sites (tertiary alicyclic amines) is 1. The largest absolute Gasteiger partial charge is 0.358 e. The van der Waals surface area contributed by atoms with E-state index < -0.39 is 0 Å². The average molecular weight is 314 g/mol. The van der Waals surface area contributed by atoms with Crippen molar-refractivity contribution in [2.45, 2.75) is 38.8 Å². The topological polar surface area (TPSA) is 71.3 Å². The van der Waals surface area contributed by atoms with Crippen LogP contribution in [0.15, 0.2) is 28.8 Å². The van der Waals surface area contributed by atoms with E-state index in [1.807, 2.05) is 31.2 Å². The predicted molar refractivity (Wildman–Crippen MR) is 86.6 cm³/mol. The number of aryl methyl sites for hydroxylation is 1. The normalized spacial score (nSPS) is 18.8. The Hall–Kier alpha value is -2.21. The monoisotopic (exact) mass is 314 g/mol. The molecule has 1 fully saturated rings. The summed E-state index contributed by atoms with van der Waals surface area (Å²) in [5, 5.41) is 6.81. The molecule has 6 heteroatoms. The molecule has 1 aromatic heterocycles. The van der Waals surface area contributed by atoms with E-state index in [4.69, 9.17) is 4.52 Å². The van der Waals surface area contributed by atoms with Crippen LogP contribution in [-0.4, -0.2) is 40.6 Å². The average Bonchev–Trinajstić information content (AvgIpc) is 3.04. The van der Waals surface area contributed by atoms with Crippen LogP contribution in [0.2, 0.25) is 0 Å². The van der Waals surface area contributed by atoms with Gasteiger partial charge in [0, 0.05) is 12.6 Å². The Labute approximate surface area is 135 Å². The van der Waals surface area contributed by atoms with E-state index in [1.165, 1.54) is 5.56 Å². The number of nitrogens with one attached hydrogen (secondary N) is 1. The van der Waals surface area contributed by atoms with E-state index in [0.717, 1.165) is 31.4 Å². The van der Waals surface area contributed by atoms with Crippen LogP contribution < -0.4 is 5.32 Å². The zero-order valence-corrected chi connectivity index (χ0v) is 13.6. The van der Waals surface area contributed by atoms with E-state index in [0.29, 0.717) is 18.3 Å². The van der Waals surface area contributed by atoms with Crippen molar-refractivity contribution in [3.05, 3.63) is 35.7 Å². The molecule has 2 aromatic rings. The number of hydrogen-bond acceptors (Lipinski definition) is 5. The van der Waals surface area contributed by atoms with Crippen molar-refractivity contribution in [3.8, 4) is 11.5 Å². The zero-order chi connectivity index (χ0) is 16.2. The van der Waals surface area contributed by atoms with Crippen LogP contribution in [0, 0.1) is 6.92 Å². The van der Waals surface area contributed by atoms with E-state index in [2.05, 4.69) is 20.4 Å². The van der Waals surface area contributed by atoms with Crippen molar-refractivity contribution in [2.75, 3.05) is 13.6 Å². The van der Waals surface area contributed by atoms with E-state index in [-0.39, 0.29) is 11.9 Å². The first kappa shape index (κ1) is 15.7. The van der Waals surface area contributed by atoms with E-state index >= 15 is 0 Å². The van der Waals surface area contributed by atoms with E-state index in [9.17, 15) is 4.79 Å². The van der Waals surface area contributed by atoms with Gasteiger partial charge in [-0.05, 0) is 38.4 Å². The highest BCUT2D eigenvalue weighted by Gasteiger charge is 2.29. The molecule has 1 aromatic carbocycles. The Morgan fingerprint density at radius 2 is 2.13 bits per heavy atom. The number of amides is 1. The van der Waals surface area contributed by atoms with Gasteiger partial charge in [-0.2, -0.15) is 4.98 Å². The van der Waals surface area contributed by atoms with Crippen LogP contribution in [-0.2, 0) is 11.3 Å². The van der Waals surface area contributed by atoms with Crippen molar-refractivity contribution in [1.29, 1.82) is 0 Å². The van der Waals surface area contributed by atoms with Gasteiger partial charge in [-0.3, -0.25) is 9.69 Å². The fraction of sp³-hybridized carbons (Fsp3) is 0.471. The third-order valence-electron chi connectivity index (χ3n) is 4.27. The number of aromatic nitrogens is 2. The minimum Gasteiger partial charge on any atom is -0.358 e. The highest BCUT2D eigenvalue weighted by molar-refractivity contribution is 5.81. The Balaban J connectivity index is 1.72. The van der Waals surface area contributed by atoms with Crippen molar-refractivity contribution in [1.82, 2.24) is 20.4 Å². The van der Waals surface area contributed by atoms with Gasteiger partial charge < -0.3 is 9.84 Å². The minimum atomic E-state index is -0.102. The maximum absolute atomic E-state index is 12.0. The van der Waals surface area contributed by atoms with Crippen molar-refractivity contribution >= 4 is 5.91 Å². The molecule has 0 radical (unpaired) electrons. The minimum absolute atomic E-state index is 0.0620. The highest BCUT2D eigenvalue weighted by atomic mass is 16.5. The number of carbonyl (C=O) groups excluding carboxylic acids is 1. The maximum atomic E-state index is 12.0. The lowest BCUT2D eigenvalue weighted by Crippen LogP contribution is -2.48. The SMILES string of the molecule is CNC(=O)C1CCCCN1Cc1noc(-c2ccc(C)cc2)n1. The molecule has 1 unspecified atom stereocenters. The van der Waals surface area contributed by atoms with Gasteiger partial charge in [-0.1, -0.05) is 29.3 Å². The number of benzene rings is 1. The quantitative estimate of drug-likeness (QED) is 0.936. The van der Waals surface area contributed by atoms with Crippen LogP contribution in [0.25, 0.3) is 11.5 Å². The van der Waals surface area contributed by atoms with Gasteiger partial charge in [-0.25, -0.2) is 0 Å². The number of carbonyl (C=O) groups is 1. The molecule has 1 amide bonds. The lowest BCUT2D eigenvalue weighted by molar-refractivity contribution is -0.127. The molecule has 1 aliphatic rings. The highest BCUT2D eigenvalue weighted by Crippen LogP contribution is 2.21. The Morgan fingerprint density at radius 3 is 2.87 bits per heavy atom. The van der Waals surface area contributed by atoms with Gasteiger partial charge in [0.25, 0.3) is 5.89 Å². The zero-order valence-electron chi connectivity index (χ0n) is 13.6. The molecular weight excluding hydrogens is 292 g/mol. The second-order valence-corrected chi connectivity index (χ2v) is 5.98. The van der Waals surface area contributed by atoms with Crippen LogP contribution >= 0.6 is 0 Å². The second-order valence-electron chi connectivity index (χ2n) is 5.98. The Morgan fingerprint density at radius 1 is 1.35 bits per heavy atom. The van der Waals surface area contributed by atoms with Gasteiger partial charge in [0.05, 0.1) is 12.6 Å². The van der Waals surface area contributed by atoms with Crippen molar-refractivity contribution in [2.24, 2.45) is 0 Å². The summed E-state index contributed by atoms with van der Waals surface area (Å²) in [7, 11) is 1.68. The molecule has 0 saturated carbocycles. The first-order valence-corrected chi connectivity index (χ1v) is 8.02. The molecule has 6 nitrogen and oxygen atoms in total. The summed E-state index contributed by atoms with van der Waals surface area (Å²) in [6.45, 7) is 3.46. The number of likely N-dealkylation sites (N-methyl/N-ethyl adjacent to an activating group) is 1. The molecular formula is C17H22N4O2. The Bertz CT molecular complexity index is 665. The first-order chi connectivity index (χ1) is 11.2. The lowest BCUT2D eigenvalue weighted by atomic mass is 10.0. The molecule has 0 spiro atoms. The van der Waals surface area contributed by atoms with E-state index in [1.54, 1.807) is 7.05 Å². The Kier molecular flexibility index (Phi) is 4.71. The summed E-state index contributed by atoms with van der Waals surface area (Å²) in [6.07, 6.45) is 3.05. The third-order valence-corrected chi connectivity index (χ3v) is 4.27. The van der Waals surface area contributed by atoms with Gasteiger partial charge in [0.1, 0.15) is 0 Å². The molecule has 1 aliphatic heterocycles. The van der Waals surface area contributed by atoms with Crippen LogP contribution in [0.1, 0.15) is 30.7 Å². The maximum Gasteiger partial charge on any atom is 0.257 e. The van der Waals surface area contributed by atoms with Gasteiger partial charge in [-0.15, -0.1) is 0 Å². The second kappa shape index (κ2) is 6.91. The van der Waals surface area contributed by atoms with Crippen molar-refractivity contribution in [3.63, 3.8) is 0 Å². The fourth-order valence-corrected chi connectivity index (χ4v) is 2.96. The number of piperidine rings is 1. The smallest absolute Gasteiger partial charge is 0.257 e. The molecule has 122 valence electrons. The molecule has 0 bridgehead atoms. The van der Waals surface area contributed by atoms with Crippen LogP contribution in [0.5, 0.6) is 0 Å². The van der Waals surface area contributed by atoms with Crippen molar-refractivity contribution < 1.29 is 9.32 Å². The number of hydrogen-bond donors (Lipinski definition) is 1. The summed E-state index contributed by atoms with van der Waals surface area (Å²) in [6, 6.07) is 7.88. The summed E-state index contributed by atoms with van der Waals surface area (Å²) in [5.74, 6) is 1.21. The van der Waals surface area contributed by atoms with Gasteiger partial charge in [0.15, 0.2) is 5.82 Å². The van der Waals surface area contributed by atoms with Gasteiger partial charge in [0.2, 0.25) is 5.91 Å². The lowest BCUT2D eigenvalue weighted by Gasteiger charge is -2.33. The molecule has 1 N–H and O–H groups in total.